The van der Waals surface area contributed by atoms with Gasteiger partial charge in [0.1, 0.15) is 0 Å². The number of rotatable bonds is 8. The van der Waals surface area contributed by atoms with Crippen molar-refractivity contribution < 1.29 is 4.74 Å². The van der Waals surface area contributed by atoms with Crippen molar-refractivity contribution in [2.45, 2.75) is 26.5 Å². The Hall–Kier alpha value is -2.79. The second-order valence-electron chi connectivity index (χ2n) is 6.43. The molecule has 27 heavy (non-hydrogen) atoms. The highest BCUT2D eigenvalue weighted by atomic mass is 16.5. The molecule has 0 aliphatic carbocycles. The third-order valence-corrected chi connectivity index (χ3v) is 4.53. The van der Waals surface area contributed by atoms with Crippen molar-refractivity contribution in [3.63, 3.8) is 0 Å². The number of guanidine groups is 1. The summed E-state index contributed by atoms with van der Waals surface area (Å²) in [6.07, 6.45) is 3.03. The summed E-state index contributed by atoms with van der Waals surface area (Å²) in [6, 6.07) is 16.7. The lowest BCUT2D eigenvalue weighted by molar-refractivity contribution is 0.184. The number of aliphatic imine (C=N–C) groups is 1. The number of aromatic nitrogens is 1. The van der Waals surface area contributed by atoms with Crippen molar-refractivity contribution in [3.8, 4) is 0 Å². The number of nitrogens with one attached hydrogen (secondary N) is 3. The van der Waals surface area contributed by atoms with E-state index in [1.54, 1.807) is 7.11 Å². The maximum Gasteiger partial charge on any atom is 0.191 e. The summed E-state index contributed by atoms with van der Waals surface area (Å²) in [6.45, 7) is 4.97. The van der Waals surface area contributed by atoms with Crippen LogP contribution in [-0.4, -0.2) is 31.1 Å². The monoisotopic (exact) mass is 364 g/mol. The van der Waals surface area contributed by atoms with E-state index in [1.165, 1.54) is 27.6 Å². The van der Waals surface area contributed by atoms with Crippen LogP contribution in [0.2, 0.25) is 0 Å². The molecule has 3 N–H and O–H groups in total. The predicted molar refractivity (Wildman–Crippen MR) is 112 cm³/mol. The number of methoxy groups -OCH3 is 1. The summed E-state index contributed by atoms with van der Waals surface area (Å²) in [5.74, 6) is 0.838. The number of para-hydroxylation sites is 1. The Morgan fingerprint density at radius 2 is 1.78 bits per heavy atom. The van der Waals surface area contributed by atoms with Gasteiger partial charge in [0.2, 0.25) is 0 Å². The topological polar surface area (TPSA) is 61.4 Å². The van der Waals surface area contributed by atoms with Gasteiger partial charge < -0.3 is 20.4 Å². The molecule has 3 rings (SSSR count). The molecule has 3 aromatic rings. The van der Waals surface area contributed by atoms with Crippen LogP contribution in [0.4, 0.5) is 0 Å². The fourth-order valence-electron chi connectivity index (χ4n) is 3.17. The molecule has 1 aromatic heterocycles. The molecule has 0 saturated carbocycles. The van der Waals surface area contributed by atoms with E-state index in [0.29, 0.717) is 13.2 Å². The third kappa shape index (κ3) is 5.11. The van der Waals surface area contributed by atoms with E-state index < -0.39 is 0 Å². The molecule has 0 saturated heterocycles. The second kappa shape index (κ2) is 9.78. The van der Waals surface area contributed by atoms with E-state index >= 15 is 0 Å². The van der Waals surface area contributed by atoms with Crippen molar-refractivity contribution in [1.29, 1.82) is 0 Å². The number of nitrogens with zero attached hydrogens (tertiary/aromatic N) is 1. The first kappa shape index (κ1) is 19.0. The number of fused-ring (bicyclic) bond motifs is 1. The number of H-pyrrole nitrogens is 1. The first-order valence-corrected chi connectivity index (χ1v) is 9.44. The highest BCUT2D eigenvalue weighted by Crippen LogP contribution is 2.17. The molecule has 0 aliphatic heterocycles. The van der Waals surface area contributed by atoms with E-state index in [0.717, 1.165) is 25.5 Å². The number of aromatic amines is 1. The summed E-state index contributed by atoms with van der Waals surface area (Å²) >= 11 is 0. The van der Waals surface area contributed by atoms with Gasteiger partial charge in [-0.2, -0.15) is 0 Å². The predicted octanol–water partition coefficient (Wildman–Crippen LogP) is 3.61. The van der Waals surface area contributed by atoms with Crippen molar-refractivity contribution in [3.05, 3.63) is 71.4 Å². The molecule has 5 heteroatoms. The van der Waals surface area contributed by atoms with Gasteiger partial charge in [0.25, 0.3) is 0 Å². The summed E-state index contributed by atoms with van der Waals surface area (Å²) in [5, 5.41) is 8.05. The molecule has 0 amide bonds. The lowest BCUT2D eigenvalue weighted by atomic mass is 10.1. The maximum atomic E-state index is 5.28. The number of benzene rings is 2. The van der Waals surface area contributed by atoms with E-state index in [2.05, 4.69) is 65.1 Å². The van der Waals surface area contributed by atoms with Gasteiger partial charge >= 0.3 is 0 Å². The van der Waals surface area contributed by atoms with Crippen LogP contribution in [0, 0.1) is 0 Å². The zero-order valence-electron chi connectivity index (χ0n) is 16.1. The number of hydrogen-bond donors (Lipinski definition) is 3. The number of hydrogen-bond acceptors (Lipinski definition) is 2. The van der Waals surface area contributed by atoms with Crippen LogP contribution in [0.3, 0.4) is 0 Å². The summed E-state index contributed by atoms with van der Waals surface area (Å²) in [5.41, 5.74) is 4.87. The van der Waals surface area contributed by atoms with E-state index in [1.807, 2.05) is 12.1 Å². The Bertz CT molecular complexity index is 885. The second-order valence-corrected chi connectivity index (χ2v) is 6.43. The molecule has 0 radical (unpaired) electrons. The van der Waals surface area contributed by atoms with Crippen molar-refractivity contribution in [2.75, 3.05) is 20.2 Å². The molecule has 0 spiro atoms. The molecule has 1 heterocycles. The molecular weight excluding hydrogens is 336 g/mol. The number of ether oxygens (including phenoxy) is 1. The van der Waals surface area contributed by atoms with E-state index in [-0.39, 0.29) is 0 Å². The van der Waals surface area contributed by atoms with Crippen molar-refractivity contribution >= 4 is 16.9 Å². The van der Waals surface area contributed by atoms with E-state index in [9.17, 15) is 0 Å². The standard InChI is InChI=1S/C22H28N4O/c1-3-23-22(26-14-17-8-4-5-9-19(17)16-27-2)24-13-12-18-15-25-21-11-7-6-10-20(18)21/h4-11,15,25H,3,12-14,16H2,1-2H3,(H2,23,24,26). The Balaban J connectivity index is 1.61. The van der Waals surface area contributed by atoms with Crippen LogP contribution in [0.25, 0.3) is 10.9 Å². The average Bonchev–Trinajstić information content (AvgIpc) is 3.10. The van der Waals surface area contributed by atoms with Crippen LogP contribution in [0.1, 0.15) is 23.6 Å². The SMILES string of the molecule is CCNC(=NCc1ccccc1COC)NCCc1c[nH]c2ccccc12. The maximum absolute atomic E-state index is 5.28. The van der Waals surface area contributed by atoms with Crippen LogP contribution in [0.5, 0.6) is 0 Å². The van der Waals surface area contributed by atoms with Gasteiger partial charge in [-0.05, 0) is 36.1 Å². The Morgan fingerprint density at radius 1 is 1.00 bits per heavy atom. The van der Waals surface area contributed by atoms with Crippen LogP contribution >= 0.6 is 0 Å². The zero-order chi connectivity index (χ0) is 18.9. The summed E-state index contributed by atoms with van der Waals surface area (Å²) < 4.78 is 5.28. The molecule has 0 fully saturated rings. The largest absolute Gasteiger partial charge is 0.380 e. The van der Waals surface area contributed by atoms with Gasteiger partial charge in [0.05, 0.1) is 13.2 Å². The molecule has 0 bridgehead atoms. The zero-order valence-corrected chi connectivity index (χ0v) is 16.1. The van der Waals surface area contributed by atoms with Crippen molar-refractivity contribution in [2.24, 2.45) is 4.99 Å². The van der Waals surface area contributed by atoms with Gasteiger partial charge in [-0.25, -0.2) is 4.99 Å². The Morgan fingerprint density at radius 3 is 2.59 bits per heavy atom. The fraction of sp³-hybridized carbons (Fsp3) is 0.318. The lowest BCUT2D eigenvalue weighted by Crippen LogP contribution is -2.38. The normalized spacial score (nSPS) is 11.7. The smallest absolute Gasteiger partial charge is 0.191 e. The van der Waals surface area contributed by atoms with Gasteiger partial charge in [-0.3, -0.25) is 0 Å². The first-order chi connectivity index (χ1) is 13.3. The van der Waals surface area contributed by atoms with Gasteiger partial charge in [0, 0.05) is 37.3 Å². The molecular formula is C22H28N4O. The quantitative estimate of drug-likeness (QED) is 0.423. The van der Waals surface area contributed by atoms with Crippen molar-refractivity contribution in [1.82, 2.24) is 15.6 Å². The first-order valence-electron chi connectivity index (χ1n) is 9.44. The minimum atomic E-state index is 0.607. The van der Waals surface area contributed by atoms with Gasteiger partial charge in [-0.1, -0.05) is 42.5 Å². The Kier molecular flexibility index (Phi) is 6.88. The van der Waals surface area contributed by atoms with Gasteiger partial charge in [-0.15, -0.1) is 0 Å². The molecule has 5 nitrogen and oxygen atoms in total. The highest BCUT2D eigenvalue weighted by Gasteiger charge is 2.05. The fourth-order valence-corrected chi connectivity index (χ4v) is 3.17. The molecule has 0 aliphatic rings. The molecule has 142 valence electrons. The summed E-state index contributed by atoms with van der Waals surface area (Å²) in [4.78, 5) is 8.07. The Labute approximate surface area is 160 Å². The van der Waals surface area contributed by atoms with Crippen LogP contribution in [-0.2, 0) is 24.3 Å². The van der Waals surface area contributed by atoms with E-state index in [4.69, 9.17) is 9.73 Å². The lowest BCUT2D eigenvalue weighted by Gasteiger charge is -2.12. The summed E-state index contributed by atoms with van der Waals surface area (Å²) in [7, 11) is 1.72. The highest BCUT2D eigenvalue weighted by molar-refractivity contribution is 5.83. The third-order valence-electron chi connectivity index (χ3n) is 4.53. The average molecular weight is 364 g/mol. The molecule has 2 aromatic carbocycles. The minimum Gasteiger partial charge on any atom is -0.380 e. The molecule has 0 unspecified atom stereocenters. The molecule has 0 atom stereocenters. The van der Waals surface area contributed by atoms with Gasteiger partial charge in [0.15, 0.2) is 5.96 Å². The minimum absolute atomic E-state index is 0.607. The van der Waals surface area contributed by atoms with Crippen LogP contribution in [0.15, 0.2) is 59.7 Å². The van der Waals surface area contributed by atoms with Crippen LogP contribution < -0.4 is 10.6 Å².